The van der Waals surface area contributed by atoms with E-state index >= 15 is 0 Å². The number of carboxylic acids is 1. The number of anilines is 1. The van der Waals surface area contributed by atoms with Crippen LogP contribution in [-0.2, 0) is 16.1 Å². The molecule has 0 spiro atoms. The second kappa shape index (κ2) is 5.64. The Morgan fingerprint density at radius 2 is 2.37 bits per heavy atom. The van der Waals surface area contributed by atoms with E-state index in [1.165, 1.54) is 18.3 Å². The molecule has 2 unspecified atom stereocenters. The zero-order chi connectivity index (χ0) is 14.0. The number of nitrogens with one attached hydrogen (secondary N) is 1. The fraction of sp³-hybridized carbons (Fsp3) is 0.545. The summed E-state index contributed by atoms with van der Waals surface area (Å²) in [6.07, 6.45) is -0.382. The van der Waals surface area contributed by atoms with Gasteiger partial charge in [0.15, 0.2) is 5.13 Å². The van der Waals surface area contributed by atoms with E-state index in [0.29, 0.717) is 23.9 Å². The van der Waals surface area contributed by atoms with Crippen LogP contribution in [0.25, 0.3) is 0 Å². The van der Waals surface area contributed by atoms with Gasteiger partial charge in [0.05, 0.1) is 11.8 Å². The highest BCUT2D eigenvalue weighted by atomic mass is 32.1. The zero-order valence-electron chi connectivity index (χ0n) is 10.4. The fourth-order valence-corrected chi connectivity index (χ4v) is 2.85. The third kappa shape index (κ3) is 3.49. The Hall–Kier alpha value is -1.51. The number of carbonyl (C=O) groups excluding carboxylic acids is 1. The molecule has 1 aliphatic rings. The summed E-state index contributed by atoms with van der Waals surface area (Å²) in [5.41, 5.74) is 0.689. The summed E-state index contributed by atoms with van der Waals surface area (Å²) in [6, 6.07) is -0.680. The second-order valence-corrected chi connectivity index (χ2v) is 5.36. The average molecular weight is 285 g/mol. The largest absolute Gasteiger partial charge is 0.480 e. The molecule has 19 heavy (non-hydrogen) atoms. The molecule has 2 rings (SSSR count). The molecule has 2 heterocycles. The van der Waals surface area contributed by atoms with Crippen LogP contribution in [0, 0.1) is 0 Å². The summed E-state index contributed by atoms with van der Waals surface area (Å²) in [7, 11) is 0. The molecule has 7 nitrogen and oxygen atoms in total. The quantitative estimate of drug-likeness (QED) is 0.726. The van der Waals surface area contributed by atoms with Crippen molar-refractivity contribution in [2.75, 3.05) is 11.9 Å². The van der Waals surface area contributed by atoms with Gasteiger partial charge >= 0.3 is 5.97 Å². The highest BCUT2D eigenvalue weighted by molar-refractivity contribution is 7.13. The Kier molecular flexibility index (Phi) is 4.13. The van der Waals surface area contributed by atoms with Gasteiger partial charge in [0.1, 0.15) is 6.04 Å². The molecule has 0 saturated carbocycles. The predicted octanol–water partition coefficient (Wildman–Crippen LogP) is 0.121. The summed E-state index contributed by atoms with van der Waals surface area (Å²) in [4.78, 5) is 27.8. The van der Waals surface area contributed by atoms with Crippen LogP contribution in [-0.4, -0.2) is 50.7 Å². The van der Waals surface area contributed by atoms with Crippen LogP contribution >= 0.6 is 11.3 Å². The monoisotopic (exact) mass is 285 g/mol. The predicted molar refractivity (Wildman–Crippen MR) is 68.9 cm³/mol. The standard InChI is InChI=1S/C11H15N3O4S/c1-6(15)12-11-13-7(5-19-11)3-14-4-8(16)2-9(14)10(17)18/h5,8-9,16H,2-4H2,1H3,(H,17,18)(H,12,13,15). The molecule has 1 aromatic heterocycles. The van der Waals surface area contributed by atoms with Gasteiger partial charge in [-0.1, -0.05) is 0 Å². The molecule has 8 heteroatoms. The Balaban J connectivity index is 2.02. The van der Waals surface area contributed by atoms with Crippen molar-refractivity contribution in [3.05, 3.63) is 11.1 Å². The smallest absolute Gasteiger partial charge is 0.321 e. The molecule has 1 amide bonds. The molecule has 2 atom stereocenters. The molecule has 1 aromatic rings. The maximum absolute atomic E-state index is 11.1. The molecule has 0 bridgehead atoms. The first-order valence-corrected chi connectivity index (χ1v) is 6.70. The zero-order valence-corrected chi connectivity index (χ0v) is 11.2. The molecule has 104 valence electrons. The van der Waals surface area contributed by atoms with Crippen molar-refractivity contribution in [2.45, 2.75) is 32.0 Å². The number of nitrogens with zero attached hydrogens (tertiary/aromatic N) is 2. The first-order chi connectivity index (χ1) is 8.95. The van der Waals surface area contributed by atoms with Gasteiger partial charge in [-0.3, -0.25) is 14.5 Å². The third-order valence-corrected chi connectivity index (χ3v) is 3.67. The SMILES string of the molecule is CC(=O)Nc1nc(CN2CC(O)CC2C(=O)O)cs1. The van der Waals surface area contributed by atoms with Crippen molar-refractivity contribution in [3.8, 4) is 0 Å². The van der Waals surface area contributed by atoms with Gasteiger partial charge in [0, 0.05) is 31.8 Å². The number of aliphatic hydroxyl groups is 1. The van der Waals surface area contributed by atoms with Crippen LogP contribution in [0.2, 0.25) is 0 Å². The van der Waals surface area contributed by atoms with Gasteiger partial charge in [-0.2, -0.15) is 0 Å². The summed E-state index contributed by atoms with van der Waals surface area (Å²) in [6.45, 7) is 2.08. The molecular formula is C11H15N3O4S. The van der Waals surface area contributed by atoms with Crippen molar-refractivity contribution < 1.29 is 19.8 Å². The third-order valence-electron chi connectivity index (χ3n) is 2.87. The van der Waals surface area contributed by atoms with Crippen molar-refractivity contribution in [1.29, 1.82) is 0 Å². The highest BCUT2D eigenvalue weighted by Crippen LogP contribution is 2.23. The van der Waals surface area contributed by atoms with Crippen LogP contribution in [0.3, 0.4) is 0 Å². The second-order valence-electron chi connectivity index (χ2n) is 4.50. The summed E-state index contributed by atoms with van der Waals surface area (Å²) < 4.78 is 0. The number of aliphatic hydroxyl groups excluding tert-OH is 1. The van der Waals surface area contributed by atoms with E-state index in [1.54, 1.807) is 10.3 Å². The Morgan fingerprint density at radius 3 is 3.00 bits per heavy atom. The summed E-state index contributed by atoms with van der Waals surface area (Å²) >= 11 is 1.29. The Morgan fingerprint density at radius 1 is 1.63 bits per heavy atom. The molecule has 0 aromatic carbocycles. The van der Waals surface area contributed by atoms with Gasteiger partial charge in [-0.15, -0.1) is 11.3 Å². The van der Waals surface area contributed by atoms with E-state index in [9.17, 15) is 14.7 Å². The van der Waals surface area contributed by atoms with Crippen LogP contribution in [0.1, 0.15) is 19.0 Å². The molecule has 3 N–H and O–H groups in total. The number of β-amino-alcohol motifs (C(OH)–C–C–N with tert-alkyl or cyclic N) is 1. The molecule has 0 radical (unpaired) electrons. The van der Waals surface area contributed by atoms with Crippen molar-refractivity contribution in [1.82, 2.24) is 9.88 Å². The first-order valence-electron chi connectivity index (χ1n) is 5.82. The van der Waals surface area contributed by atoms with E-state index in [4.69, 9.17) is 5.11 Å². The number of carboxylic acid groups (broad SMARTS) is 1. The highest BCUT2D eigenvalue weighted by Gasteiger charge is 2.36. The number of amides is 1. The molecule has 1 saturated heterocycles. The van der Waals surface area contributed by atoms with Crippen molar-refractivity contribution in [2.24, 2.45) is 0 Å². The minimum Gasteiger partial charge on any atom is -0.480 e. The van der Waals surface area contributed by atoms with E-state index in [-0.39, 0.29) is 12.3 Å². The lowest BCUT2D eigenvalue weighted by Crippen LogP contribution is -2.35. The number of hydrogen-bond acceptors (Lipinski definition) is 6. The molecular weight excluding hydrogens is 270 g/mol. The number of rotatable bonds is 4. The van der Waals surface area contributed by atoms with Gasteiger partial charge in [-0.05, 0) is 0 Å². The number of thiazole rings is 1. The number of carbonyl (C=O) groups is 2. The maximum Gasteiger partial charge on any atom is 0.321 e. The van der Waals surface area contributed by atoms with E-state index in [2.05, 4.69) is 10.3 Å². The van der Waals surface area contributed by atoms with Crippen LogP contribution in [0.4, 0.5) is 5.13 Å². The molecule has 1 fully saturated rings. The van der Waals surface area contributed by atoms with E-state index < -0.39 is 18.1 Å². The van der Waals surface area contributed by atoms with Crippen LogP contribution < -0.4 is 5.32 Å². The molecule has 1 aliphatic heterocycles. The van der Waals surface area contributed by atoms with Gasteiger partial charge in [-0.25, -0.2) is 4.98 Å². The van der Waals surface area contributed by atoms with Gasteiger partial charge < -0.3 is 15.5 Å². The van der Waals surface area contributed by atoms with Crippen molar-refractivity contribution in [3.63, 3.8) is 0 Å². The van der Waals surface area contributed by atoms with E-state index in [0.717, 1.165) is 0 Å². The maximum atomic E-state index is 11.1. The van der Waals surface area contributed by atoms with Gasteiger partial charge in [0.25, 0.3) is 0 Å². The average Bonchev–Trinajstić information content (AvgIpc) is 2.85. The summed E-state index contributed by atoms with van der Waals surface area (Å²) in [5.74, 6) is -1.13. The number of aromatic nitrogens is 1. The topological polar surface area (TPSA) is 103 Å². The fourth-order valence-electron chi connectivity index (χ4n) is 2.11. The Labute approximate surface area is 113 Å². The lowest BCUT2D eigenvalue weighted by molar-refractivity contribution is -0.142. The number of likely N-dealkylation sites (tertiary alicyclic amines) is 1. The lowest BCUT2D eigenvalue weighted by atomic mass is 10.2. The number of aliphatic carboxylic acids is 1. The van der Waals surface area contributed by atoms with E-state index in [1.807, 2.05) is 0 Å². The van der Waals surface area contributed by atoms with Gasteiger partial charge in [0.2, 0.25) is 5.91 Å². The normalized spacial score (nSPS) is 23.5. The van der Waals surface area contributed by atoms with Crippen molar-refractivity contribution >= 4 is 28.3 Å². The first kappa shape index (κ1) is 13.9. The summed E-state index contributed by atoms with van der Waals surface area (Å²) in [5, 5.41) is 23.5. The molecule has 0 aliphatic carbocycles. The Bertz CT molecular complexity index is 490. The lowest BCUT2D eigenvalue weighted by Gasteiger charge is -2.19. The van der Waals surface area contributed by atoms with Crippen LogP contribution in [0.5, 0.6) is 0 Å². The minimum atomic E-state index is -0.936. The van der Waals surface area contributed by atoms with Crippen LogP contribution in [0.15, 0.2) is 5.38 Å². The number of hydrogen-bond donors (Lipinski definition) is 3. The minimum absolute atomic E-state index is 0.194.